The molecule has 0 spiro atoms. The molecule has 8 heteroatoms. The summed E-state index contributed by atoms with van der Waals surface area (Å²) in [5.74, 6) is -0.857. The van der Waals surface area contributed by atoms with Gasteiger partial charge in [0, 0.05) is 16.1 Å². The summed E-state index contributed by atoms with van der Waals surface area (Å²) in [5.41, 5.74) is 1.31. The molecule has 0 unspecified atom stereocenters. The van der Waals surface area contributed by atoms with Gasteiger partial charge in [0.25, 0.3) is 5.91 Å². The van der Waals surface area contributed by atoms with Gasteiger partial charge in [-0.1, -0.05) is 23.2 Å². The lowest BCUT2D eigenvalue weighted by Gasteiger charge is -2.11. The molecule has 0 aliphatic carbocycles. The van der Waals surface area contributed by atoms with Crippen molar-refractivity contribution in [2.24, 2.45) is 0 Å². The quantitative estimate of drug-likeness (QED) is 0.553. The second-order valence-corrected chi connectivity index (χ2v) is 6.44. The first kappa shape index (κ1) is 20.7. The van der Waals surface area contributed by atoms with Gasteiger partial charge >= 0.3 is 5.97 Å². The van der Waals surface area contributed by atoms with E-state index in [-0.39, 0.29) is 17.2 Å². The molecule has 2 aromatic rings. The topological polar surface area (TPSA) is 81.7 Å². The Bertz CT molecular complexity index is 882. The van der Waals surface area contributed by atoms with Crippen molar-refractivity contribution >= 4 is 46.5 Å². The van der Waals surface area contributed by atoms with E-state index in [0.717, 1.165) is 0 Å². The highest BCUT2D eigenvalue weighted by Crippen LogP contribution is 2.25. The van der Waals surface area contributed by atoms with Crippen molar-refractivity contribution in [3.8, 4) is 5.75 Å². The Morgan fingerprint density at radius 2 is 1.81 bits per heavy atom. The molecule has 0 aliphatic rings. The first-order valence-corrected chi connectivity index (χ1v) is 8.64. The van der Waals surface area contributed by atoms with Crippen LogP contribution in [0, 0.1) is 0 Å². The number of nitrogens with one attached hydrogen (secondary N) is 1. The van der Waals surface area contributed by atoms with Crippen molar-refractivity contribution < 1.29 is 23.9 Å². The minimum Gasteiger partial charge on any atom is -0.496 e. The number of halogens is 2. The highest BCUT2D eigenvalue weighted by atomic mass is 35.5. The smallest absolute Gasteiger partial charge is 0.310 e. The number of methoxy groups -OCH3 is 1. The number of hydrogen-bond acceptors (Lipinski definition) is 5. The molecule has 1 amide bonds. The summed E-state index contributed by atoms with van der Waals surface area (Å²) < 4.78 is 10.2. The molecule has 0 aromatic heterocycles. The molecular weight excluding hydrogens is 393 g/mol. The third kappa shape index (κ3) is 5.98. The number of esters is 1. The summed E-state index contributed by atoms with van der Waals surface area (Å²) in [6.07, 6.45) is -0.140. The van der Waals surface area contributed by atoms with Crippen LogP contribution < -0.4 is 10.1 Å². The van der Waals surface area contributed by atoms with Gasteiger partial charge in [-0.2, -0.15) is 0 Å². The number of carbonyl (C=O) groups excluding carboxylic acids is 3. The lowest BCUT2D eigenvalue weighted by atomic mass is 10.0. The number of hydrogen-bond donors (Lipinski definition) is 1. The van der Waals surface area contributed by atoms with Gasteiger partial charge in [0.05, 0.1) is 24.2 Å². The lowest BCUT2D eigenvalue weighted by molar-refractivity contribution is -0.146. The van der Waals surface area contributed by atoms with Crippen LogP contribution in [-0.4, -0.2) is 31.4 Å². The third-order valence-electron chi connectivity index (χ3n) is 3.59. The van der Waals surface area contributed by atoms with E-state index in [9.17, 15) is 14.4 Å². The average molecular weight is 410 g/mol. The molecular formula is C19H17Cl2NO5. The molecule has 6 nitrogen and oxygen atoms in total. The zero-order valence-electron chi connectivity index (χ0n) is 14.7. The fourth-order valence-corrected chi connectivity index (χ4v) is 2.72. The summed E-state index contributed by atoms with van der Waals surface area (Å²) in [4.78, 5) is 35.5. The maximum absolute atomic E-state index is 12.0. The van der Waals surface area contributed by atoms with Crippen molar-refractivity contribution in [1.29, 1.82) is 0 Å². The number of benzene rings is 2. The molecule has 0 saturated heterocycles. The second-order valence-electron chi connectivity index (χ2n) is 5.59. The monoisotopic (exact) mass is 409 g/mol. The van der Waals surface area contributed by atoms with Crippen molar-refractivity contribution in [2.75, 3.05) is 19.0 Å². The zero-order chi connectivity index (χ0) is 20.0. The number of amides is 1. The molecule has 0 radical (unpaired) electrons. The van der Waals surface area contributed by atoms with Gasteiger partial charge < -0.3 is 14.8 Å². The van der Waals surface area contributed by atoms with Crippen LogP contribution in [0.1, 0.15) is 22.8 Å². The minimum absolute atomic E-state index is 0.133. The van der Waals surface area contributed by atoms with E-state index >= 15 is 0 Å². The van der Waals surface area contributed by atoms with Crippen molar-refractivity contribution in [2.45, 2.75) is 13.3 Å². The molecule has 0 fully saturated rings. The van der Waals surface area contributed by atoms with Gasteiger partial charge in [-0.15, -0.1) is 0 Å². The molecule has 27 heavy (non-hydrogen) atoms. The van der Waals surface area contributed by atoms with Crippen LogP contribution >= 0.6 is 23.2 Å². The summed E-state index contributed by atoms with van der Waals surface area (Å²) in [7, 11) is 1.46. The minimum atomic E-state index is -0.633. The SMILES string of the molecule is COc1ccc(C(C)=O)cc1CC(=O)OCC(=O)Nc1ccc(Cl)cc1Cl. The molecule has 0 heterocycles. The Morgan fingerprint density at radius 3 is 2.44 bits per heavy atom. The van der Waals surface area contributed by atoms with E-state index in [4.69, 9.17) is 32.7 Å². The lowest BCUT2D eigenvalue weighted by Crippen LogP contribution is -2.22. The maximum Gasteiger partial charge on any atom is 0.310 e. The number of rotatable bonds is 7. The largest absolute Gasteiger partial charge is 0.496 e. The normalized spacial score (nSPS) is 10.2. The van der Waals surface area contributed by atoms with Crippen LogP contribution in [0.5, 0.6) is 5.75 Å². The average Bonchev–Trinajstić information content (AvgIpc) is 2.62. The van der Waals surface area contributed by atoms with E-state index in [1.54, 1.807) is 30.3 Å². The van der Waals surface area contributed by atoms with Crippen molar-refractivity contribution in [1.82, 2.24) is 0 Å². The van der Waals surface area contributed by atoms with E-state index in [0.29, 0.717) is 27.6 Å². The number of ketones is 1. The predicted molar refractivity (Wildman–Crippen MR) is 103 cm³/mol. The highest BCUT2D eigenvalue weighted by Gasteiger charge is 2.14. The predicted octanol–water partition coefficient (Wildman–Crippen LogP) is 3.93. The summed E-state index contributed by atoms with van der Waals surface area (Å²) in [6.45, 7) is 0.947. The van der Waals surface area contributed by atoms with Crippen molar-refractivity contribution in [3.05, 3.63) is 57.6 Å². The second kappa shape index (κ2) is 9.39. The van der Waals surface area contributed by atoms with Gasteiger partial charge in [-0.25, -0.2) is 0 Å². The number of anilines is 1. The molecule has 142 valence electrons. The molecule has 0 atom stereocenters. The summed E-state index contributed by atoms with van der Waals surface area (Å²) in [6, 6.07) is 9.38. The van der Waals surface area contributed by atoms with Gasteiger partial charge in [-0.05, 0) is 43.3 Å². The molecule has 2 rings (SSSR count). The molecule has 2 aromatic carbocycles. The van der Waals surface area contributed by atoms with Crippen LogP contribution in [0.2, 0.25) is 10.0 Å². The zero-order valence-corrected chi connectivity index (χ0v) is 16.2. The number of carbonyl (C=O) groups is 3. The Morgan fingerprint density at radius 1 is 1.07 bits per heavy atom. The first-order chi connectivity index (χ1) is 12.8. The number of ether oxygens (including phenoxy) is 2. The molecule has 0 aliphatic heterocycles. The van der Waals surface area contributed by atoms with Gasteiger partial charge in [0.1, 0.15) is 5.75 Å². The van der Waals surface area contributed by atoms with E-state index < -0.39 is 18.5 Å². The Kier molecular flexibility index (Phi) is 7.21. The molecule has 0 saturated carbocycles. The first-order valence-electron chi connectivity index (χ1n) is 7.88. The van der Waals surface area contributed by atoms with E-state index in [2.05, 4.69) is 5.32 Å². The summed E-state index contributed by atoms with van der Waals surface area (Å²) in [5, 5.41) is 3.23. The fraction of sp³-hybridized carbons (Fsp3) is 0.211. The van der Waals surface area contributed by atoms with Crippen LogP contribution in [0.25, 0.3) is 0 Å². The highest BCUT2D eigenvalue weighted by molar-refractivity contribution is 6.36. The summed E-state index contributed by atoms with van der Waals surface area (Å²) >= 11 is 11.8. The Hall–Kier alpha value is -2.57. The number of Topliss-reactive ketones (excluding diaryl/α,β-unsaturated/α-hetero) is 1. The standard InChI is InChI=1S/C19H17Cl2NO5/c1-11(23)12-3-6-17(26-2)13(7-12)8-19(25)27-10-18(24)22-16-5-4-14(20)9-15(16)21/h3-7,9H,8,10H2,1-2H3,(H,22,24). The molecule has 0 bridgehead atoms. The Balaban J connectivity index is 1.95. The fourth-order valence-electron chi connectivity index (χ4n) is 2.27. The third-order valence-corrected chi connectivity index (χ3v) is 4.14. The molecule has 1 N–H and O–H groups in total. The van der Waals surface area contributed by atoms with Crippen molar-refractivity contribution in [3.63, 3.8) is 0 Å². The maximum atomic E-state index is 12.0. The van der Waals surface area contributed by atoms with Crippen LogP contribution in [-0.2, 0) is 20.7 Å². The van der Waals surface area contributed by atoms with Gasteiger partial charge in [-0.3, -0.25) is 14.4 Å². The van der Waals surface area contributed by atoms with E-state index in [1.807, 2.05) is 0 Å². The van der Waals surface area contributed by atoms with Crippen LogP contribution in [0.3, 0.4) is 0 Å². The van der Waals surface area contributed by atoms with Gasteiger partial charge in [0.2, 0.25) is 0 Å². The van der Waals surface area contributed by atoms with Crippen LogP contribution in [0.15, 0.2) is 36.4 Å². The van der Waals surface area contributed by atoms with Gasteiger partial charge in [0.15, 0.2) is 12.4 Å². The Labute approximate surface area is 166 Å². The van der Waals surface area contributed by atoms with Crippen LogP contribution in [0.4, 0.5) is 5.69 Å². The van der Waals surface area contributed by atoms with E-state index in [1.165, 1.54) is 20.1 Å².